The fourth-order valence-electron chi connectivity index (χ4n) is 2.47. The van der Waals surface area contributed by atoms with E-state index in [0.717, 1.165) is 18.6 Å². The van der Waals surface area contributed by atoms with Crippen LogP contribution in [0.4, 0.5) is 13.2 Å². The first kappa shape index (κ1) is 17.6. The molecule has 126 valence electrons. The molecule has 0 unspecified atom stereocenters. The van der Waals surface area contributed by atoms with Crippen LogP contribution in [0.15, 0.2) is 18.2 Å². The van der Waals surface area contributed by atoms with Gasteiger partial charge in [0.25, 0.3) is 5.91 Å². The molecular formula is C15H16ClF3N2O2. The van der Waals surface area contributed by atoms with Gasteiger partial charge in [-0.1, -0.05) is 24.6 Å². The summed E-state index contributed by atoms with van der Waals surface area (Å²) in [4.78, 5) is 27.2. The van der Waals surface area contributed by atoms with Gasteiger partial charge >= 0.3 is 6.18 Å². The van der Waals surface area contributed by atoms with Crippen LogP contribution in [0.3, 0.4) is 0 Å². The van der Waals surface area contributed by atoms with Gasteiger partial charge in [0.2, 0.25) is 5.91 Å². The molecule has 0 atom stereocenters. The van der Waals surface area contributed by atoms with Crippen LogP contribution in [0, 0.1) is 0 Å². The molecule has 1 aromatic carbocycles. The van der Waals surface area contributed by atoms with Crippen LogP contribution in [0.25, 0.3) is 0 Å². The number of rotatable bonds is 3. The monoisotopic (exact) mass is 348 g/mol. The zero-order valence-electron chi connectivity index (χ0n) is 12.5. The van der Waals surface area contributed by atoms with Crippen LogP contribution in [0.2, 0.25) is 5.02 Å². The lowest BCUT2D eigenvalue weighted by atomic mass is 10.1. The summed E-state index contributed by atoms with van der Waals surface area (Å²) in [5, 5.41) is -0.631. The smallest absolute Gasteiger partial charge is 0.339 e. The topological polar surface area (TPSA) is 40.6 Å². The number of hydrogen-bond acceptors (Lipinski definition) is 2. The Morgan fingerprint density at radius 2 is 2.00 bits per heavy atom. The third-order valence-electron chi connectivity index (χ3n) is 3.63. The highest BCUT2D eigenvalue weighted by molar-refractivity contribution is 6.34. The van der Waals surface area contributed by atoms with Crippen molar-refractivity contribution >= 4 is 23.4 Å². The largest absolute Gasteiger partial charge is 0.417 e. The summed E-state index contributed by atoms with van der Waals surface area (Å²) in [6.07, 6.45) is -3.83. The third-order valence-corrected chi connectivity index (χ3v) is 4.04. The van der Waals surface area contributed by atoms with Gasteiger partial charge in [0.15, 0.2) is 0 Å². The fourth-order valence-corrected chi connectivity index (χ4v) is 2.79. The SMILES string of the molecule is CCCN1CCN(C(=O)c2cccc(C(F)(F)F)c2Cl)CC1=O. The zero-order chi connectivity index (χ0) is 17.2. The van der Waals surface area contributed by atoms with E-state index < -0.39 is 22.7 Å². The van der Waals surface area contributed by atoms with Crippen molar-refractivity contribution in [2.24, 2.45) is 0 Å². The summed E-state index contributed by atoms with van der Waals surface area (Å²) in [5.74, 6) is -0.875. The van der Waals surface area contributed by atoms with Crippen LogP contribution >= 0.6 is 11.6 Å². The minimum absolute atomic E-state index is 0.147. The molecule has 4 nitrogen and oxygen atoms in total. The van der Waals surface area contributed by atoms with Crippen molar-refractivity contribution < 1.29 is 22.8 Å². The summed E-state index contributed by atoms with van der Waals surface area (Å²) in [7, 11) is 0. The molecular weight excluding hydrogens is 333 g/mol. The zero-order valence-corrected chi connectivity index (χ0v) is 13.2. The number of benzene rings is 1. The Hall–Kier alpha value is -1.76. The van der Waals surface area contributed by atoms with Crippen molar-refractivity contribution in [3.05, 3.63) is 34.3 Å². The van der Waals surface area contributed by atoms with E-state index in [9.17, 15) is 22.8 Å². The van der Waals surface area contributed by atoms with Gasteiger partial charge in [0.1, 0.15) is 6.54 Å². The average Bonchev–Trinajstić information content (AvgIpc) is 2.48. The molecule has 8 heteroatoms. The highest BCUT2D eigenvalue weighted by atomic mass is 35.5. The lowest BCUT2D eigenvalue weighted by Crippen LogP contribution is -2.52. The lowest BCUT2D eigenvalue weighted by molar-refractivity contribution is -0.137. The van der Waals surface area contributed by atoms with Crippen molar-refractivity contribution in [2.45, 2.75) is 19.5 Å². The van der Waals surface area contributed by atoms with Crippen molar-refractivity contribution in [3.8, 4) is 0 Å². The molecule has 1 aromatic rings. The van der Waals surface area contributed by atoms with Gasteiger partial charge in [-0.3, -0.25) is 9.59 Å². The number of piperazine rings is 1. The second-order valence-corrected chi connectivity index (χ2v) is 5.65. The van der Waals surface area contributed by atoms with Gasteiger partial charge < -0.3 is 9.80 Å². The number of amides is 2. The van der Waals surface area contributed by atoms with E-state index in [1.54, 1.807) is 4.90 Å². The molecule has 0 bridgehead atoms. The molecule has 0 N–H and O–H groups in total. The Balaban J connectivity index is 2.21. The number of nitrogens with zero attached hydrogens (tertiary/aromatic N) is 2. The molecule has 1 heterocycles. The van der Waals surface area contributed by atoms with Crippen LogP contribution in [-0.4, -0.2) is 47.8 Å². The van der Waals surface area contributed by atoms with Gasteiger partial charge in [0.05, 0.1) is 16.1 Å². The lowest BCUT2D eigenvalue weighted by Gasteiger charge is -2.34. The highest BCUT2D eigenvalue weighted by Crippen LogP contribution is 2.36. The van der Waals surface area contributed by atoms with Gasteiger partial charge in [0, 0.05) is 19.6 Å². The van der Waals surface area contributed by atoms with Crippen LogP contribution in [0.5, 0.6) is 0 Å². The third kappa shape index (κ3) is 3.77. The molecule has 1 aliphatic rings. The summed E-state index contributed by atoms with van der Waals surface area (Å²) in [6, 6.07) is 3.20. The van der Waals surface area contributed by atoms with Gasteiger partial charge in [-0.2, -0.15) is 13.2 Å². The molecule has 0 radical (unpaired) electrons. The van der Waals surface area contributed by atoms with Crippen molar-refractivity contribution in [1.29, 1.82) is 0 Å². The van der Waals surface area contributed by atoms with E-state index in [2.05, 4.69) is 0 Å². The van der Waals surface area contributed by atoms with Crippen LogP contribution < -0.4 is 0 Å². The van der Waals surface area contributed by atoms with E-state index in [0.29, 0.717) is 13.1 Å². The maximum atomic E-state index is 12.9. The minimum Gasteiger partial charge on any atom is -0.339 e. The van der Waals surface area contributed by atoms with Crippen molar-refractivity contribution in [2.75, 3.05) is 26.2 Å². The number of carbonyl (C=O) groups is 2. The highest BCUT2D eigenvalue weighted by Gasteiger charge is 2.36. The first-order valence-corrected chi connectivity index (χ1v) is 7.56. The first-order valence-electron chi connectivity index (χ1n) is 7.18. The Labute approximate surface area is 136 Å². The number of halogens is 4. The van der Waals surface area contributed by atoms with E-state index in [1.165, 1.54) is 11.0 Å². The maximum absolute atomic E-state index is 12.9. The Bertz CT molecular complexity index is 619. The summed E-state index contributed by atoms with van der Waals surface area (Å²) >= 11 is 5.76. The molecule has 0 spiro atoms. The Kier molecular flexibility index (Phi) is 5.19. The fraction of sp³-hybridized carbons (Fsp3) is 0.467. The molecule has 23 heavy (non-hydrogen) atoms. The first-order chi connectivity index (χ1) is 10.8. The van der Waals surface area contributed by atoms with Crippen LogP contribution in [0.1, 0.15) is 29.3 Å². The number of alkyl halides is 3. The Morgan fingerprint density at radius 1 is 1.30 bits per heavy atom. The molecule has 0 saturated carbocycles. The minimum atomic E-state index is -4.64. The number of hydrogen-bond donors (Lipinski definition) is 0. The predicted octanol–water partition coefficient (Wildman–Crippen LogP) is 3.05. The van der Waals surface area contributed by atoms with Gasteiger partial charge in [-0.25, -0.2) is 0 Å². The predicted molar refractivity (Wildman–Crippen MR) is 79.2 cm³/mol. The second-order valence-electron chi connectivity index (χ2n) is 5.27. The van der Waals surface area contributed by atoms with Gasteiger partial charge in [-0.05, 0) is 18.6 Å². The Morgan fingerprint density at radius 3 is 2.57 bits per heavy atom. The second kappa shape index (κ2) is 6.78. The van der Waals surface area contributed by atoms with Crippen LogP contribution in [-0.2, 0) is 11.0 Å². The average molecular weight is 349 g/mol. The molecule has 1 saturated heterocycles. The van der Waals surface area contributed by atoms with E-state index >= 15 is 0 Å². The maximum Gasteiger partial charge on any atom is 0.417 e. The quantitative estimate of drug-likeness (QED) is 0.842. The number of carbonyl (C=O) groups excluding carboxylic acids is 2. The van der Waals surface area contributed by atoms with E-state index in [4.69, 9.17) is 11.6 Å². The van der Waals surface area contributed by atoms with Gasteiger partial charge in [-0.15, -0.1) is 0 Å². The standard InChI is InChI=1S/C15H16ClF3N2O2/c1-2-6-20-7-8-21(9-12(20)22)14(23)10-4-3-5-11(13(10)16)15(17,18)19/h3-5H,2,6-9H2,1H3. The van der Waals surface area contributed by atoms with Crippen molar-refractivity contribution in [1.82, 2.24) is 9.80 Å². The molecule has 0 aliphatic carbocycles. The summed E-state index contributed by atoms with van der Waals surface area (Å²) in [6.45, 7) is 3.04. The molecule has 2 amide bonds. The molecule has 1 aliphatic heterocycles. The normalized spacial score (nSPS) is 16.0. The van der Waals surface area contributed by atoms with Crippen molar-refractivity contribution in [3.63, 3.8) is 0 Å². The summed E-state index contributed by atoms with van der Waals surface area (Å²) in [5.41, 5.74) is -1.29. The molecule has 0 aromatic heterocycles. The molecule has 1 fully saturated rings. The molecule has 2 rings (SSSR count). The van der Waals surface area contributed by atoms with E-state index in [-0.39, 0.29) is 24.6 Å². The summed E-state index contributed by atoms with van der Waals surface area (Å²) < 4.78 is 38.6. The van der Waals surface area contributed by atoms with E-state index in [1.807, 2.05) is 6.92 Å².